The van der Waals surface area contributed by atoms with Crippen molar-refractivity contribution in [3.05, 3.63) is 29.8 Å². The van der Waals surface area contributed by atoms with Crippen LogP contribution in [0.2, 0.25) is 0 Å². The molecule has 0 radical (unpaired) electrons. The molecule has 0 spiro atoms. The summed E-state index contributed by atoms with van der Waals surface area (Å²) in [4.78, 5) is 0. The zero-order valence-electron chi connectivity index (χ0n) is 9.59. The van der Waals surface area contributed by atoms with Crippen LogP contribution in [0, 0.1) is 0 Å². The lowest BCUT2D eigenvalue weighted by molar-refractivity contribution is 0.469. The van der Waals surface area contributed by atoms with Crippen molar-refractivity contribution in [3.63, 3.8) is 0 Å². The first kappa shape index (κ1) is 12.4. The van der Waals surface area contributed by atoms with Crippen LogP contribution in [0.3, 0.4) is 0 Å². The summed E-state index contributed by atoms with van der Waals surface area (Å²) in [6.07, 6.45) is 1.96. The minimum atomic E-state index is -3.16. The van der Waals surface area contributed by atoms with Gasteiger partial charge in [-0.05, 0) is 25.5 Å². The van der Waals surface area contributed by atoms with Gasteiger partial charge >= 0.3 is 0 Å². The predicted octanol–water partition coefficient (Wildman–Crippen LogP) is 1.06. The fourth-order valence-corrected chi connectivity index (χ4v) is 3.87. The normalized spacial score (nSPS) is 20.6. The van der Waals surface area contributed by atoms with E-state index in [9.17, 15) is 13.5 Å². The molecule has 1 heterocycles. The van der Waals surface area contributed by atoms with Crippen molar-refractivity contribution in [3.8, 4) is 5.75 Å². The number of rotatable bonds is 4. The van der Waals surface area contributed by atoms with Crippen molar-refractivity contribution in [2.45, 2.75) is 24.6 Å². The molecule has 1 saturated heterocycles. The summed E-state index contributed by atoms with van der Waals surface area (Å²) in [5.74, 6) is 0.120. The summed E-state index contributed by atoms with van der Waals surface area (Å²) in [6, 6.07) is 6.65. The molecular weight excluding hydrogens is 238 g/mol. The summed E-state index contributed by atoms with van der Waals surface area (Å²) >= 11 is 0. The average molecular weight is 255 g/mol. The summed E-state index contributed by atoms with van der Waals surface area (Å²) in [7, 11) is -3.16. The molecule has 0 aliphatic carbocycles. The van der Waals surface area contributed by atoms with Gasteiger partial charge in [-0.15, -0.1) is 0 Å². The van der Waals surface area contributed by atoms with Gasteiger partial charge in [0.05, 0.1) is 11.5 Å². The van der Waals surface area contributed by atoms with E-state index in [1.54, 1.807) is 18.2 Å². The number of benzene rings is 1. The Hall–Kier alpha value is -1.07. The highest BCUT2D eigenvalue weighted by atomic mass is 32.2. The molecule has 94 valence electrons. The average Bonchev–Trinajstić information content (AvgIpc) is 2.73. The van der Waals surface area contributed by atoms with Crippen LogP contribution < -0.4 is 5.32 Å². The van der Waals surface area contributed by atoms with Gasteiger partial charge in [0, 0.05) is 11.6 Å². The fraction of sp³-hybridized carbons (Fsp3) is 0.500. The van der Waals surface area contributed by atoms with Crippen molar-refractivity contribution < 1.29 is 13.5 Å². The molecule has 0 amide bonds. The number of hydrogen-bond donors (Lipinski definition) is 2. The molecule has 5 heteroatoms. The van der Waals surface area contributed by atoms with E-state index >= 15 is 0 Å². The first-order chi connectivity index (χ1) is 8.07. The SMILES string of the molecule is O=S(=O)(Cc1ccccc1O)CC1CCCN1. The Morgan fingerprint density at radius 3 is 2.76 bits per heavy atom. The van der Waals surface area contributed by atoms with Crippen LogP contribution in [-0.4, -0.2) is 31.9 Å². The quantitative estimate of drug-likeness (QED) is 0.844. The van der Waals surface area contributed by atoms with Gasteiger partial charge in [0.25, 0.3) is 0 Å². The first-order valence-electron chi connectivity index (χ1n) is 5.77. The van der Waals surface area contributed by atoms with Crippen LogP contribution in [0.5, 0.6) is 5.75 Å². The molecule has 1 fully saturated rings. The summed E-state index contributed by atoms with van der Waals surface area (Å²) in [5, 5.41) is 12.7. The second kappa shape index (κ2) is 5.06. The van der Waals surface area contributed by atoms with E-state index in [0.717, 1.165) is 19.4 Å². The topological polar surface area (TPSA) is 66.4 Å². The standard InChI is InChI=1S/C12H17NO3S/c14-12-6-2-1-4-10(12)8-17(15,16)9-11-5-3-7-13-11/h1-2,4,6,11,13-14H,3,5,7-9H2. The van der Waals surface area contributed by atoms with E-state index in [1.165, 1.54) is 6.07 Å². The number of phenols is 1. The number of aromatic hydroxyl groups is 1. The van der Waals surface area contributed by atoms with Gasteiger partial charge < -0.3 is 10.4 Å². The number of sulfone groups is 1. The van der Waals surface area contributed by atoms with E-state index in [1.807, 2.05) is 0 Å². The van der Waals surface area contributed by atoms with Crippen LogP contribution in [0.25, 0.3) is 0 Å². The van der Waals surface area contributed by atoms with Crippen LogP contribution in [0.1, 0.15) is 18.4 Å². The third-order valence-corrected chi connectivity index (χ3v) is 4.65. The molecule has 17 heavy (non-hydrogen) atoms. The highest BCUT2D eigenvalue weighted by Gasteiger charge is 2.23. The monoisotopic (exact) mass is 255 g/mol. The second-order valence-electron chi connectivity index (χ2n) is 4.48. The largest absolute Gasteiger partial charge is 0.508 e. The number of para-hydroxylation sites is 1. The molecule has 1 aromatic carbocycles. The number of nitrogens with one attached hydrogen (secondary N) is 1. The van der Waals surface area contributed by atoms with E-state index in [0.29, 0.717) is 5.56 Å². The van der Waals surface area contributed by atoms with E-state index in [-0.39, 0.29) is 23.3 Å². The Kier molecular flexibility index (Phi) is 3.69. The van der Waals surface area contributed by atoms with Gasteiger partial charge in [-0.25, -0.2) is 8.42 Å². The Morgan fingerprint density at radius 1 is 1.35 bits per heavy atom. The lowest BCUT2D eigenvalue weighted by atomic mass is 10.2. The maximum atomic E-state index is 12.0. The maximum Gasteiger partial charge on any atom is 0.156 e. The molecule has 2 rings (SSSR count). The number of phenolic OH excluding ortho intramolecular Hbond substituents is 1. The molecule has 0 bridgehead atoms. The summed E-state index contributed by atoms with van der Waals surface area (Å²) < 4.78 is 23.9. The van der Waals surface area contributed by atoms with Gasteiger partial charge in [-0.3, -0.25) is 0 Å². The van der Waals surface area contributed by atoms with Crippen LogP contribution in [0.15, 0.2) is 24.3 Å². The van der Waals surface area contributed by atoms with Gasteiger partial charge in [-0.1, -0.05) is 18.2 Å². The van der Waals surface area contributed by atoms with Crippen molar-refractivity contribution in [1.82, 2.24) is 5.32 Å². The van der Waals surface area contributed by atoms with Crippen LogP contribution in [0.4, 0.5) is 0 Å². The Bertz CT molecular complexity index is 478. The molecule has 4 nitrogen and oxygen atoms in total. The third kappa shape index (κ3) is 3.44. The van der Waals surface area contributed by atoms with Crippen LogP contribution in [-0.2, 0) is 15.6 Å². The Morgan fingerprint density at radius 2 is 2.12 bits per heavy atom. The third-order valence-electron chi connectivity index (χ3n) is 2.98. The van der Waals surface area contributed by atoms with Crippen molar-refractivity contribution in [1.29, 1.82) is 0 Å². The fourth-order valence-electron chi connectivity index (χ4n) is 2.13. The first-order valence-corrected chi connectivity index (χ1v) is 7.60. The molecule has 0 saturated carbocycles. The minimum absolute atomic E-state index is 0.0513. The zero-order chi connectivity index (χ0) is 12.3. The van der Waals surface area contributed by atoms with E-state index in [4.69, 9.17) is 0 Å². The molecule has 1 aromatic rings. The lowest BCUT2D eigenvalue weighted by Crippen LogP contribution is -2.30. The molecule has 0 aromatic heterocycles. The van der Waals surface area contributed by atoms with E-state index < -0.39 is 9.84 Å². The second-order valence-corrected chi connectivity index (χ2v) is 6.59. The molecule has 1 aliphatic heterocycles. The maximum absolute atomic E-state index is 12.0. The van der Waals surface area contributed by atoms with Crippen molar-refractivity contribution in [2.24, 2.45) is 0 Å². The van der Waals surface area contributed by atoms with Gasteiger partial charge in [0.15, 0.2) is 9.84 Å². The lowest BCUT2D eigenvalue weighted by Gasteiger charge is -2.11. The highest BCUT2D eigenvalue weighted by molar-refractivity contribution is 7.90. The highest BCUT2D eigenvalue weighted by Crippen LogP contribution is 2.20. The minimum Gasteiger partial charge on any atom is -0.508 e. The molecular formula is C12H17NO3S. The molecule has 1 aliphatic rings. The zero-order valence-corrected chi connectivity index (χ0v) is 10.4. The van der Waals surface area contributed by atoms with Crippen molar-refractivity contribution in [2.75, 3.05) is 12.3 Å². The van der Waals surface area contributed by atoms with Gasteiger partial charge in [0.1, 0.15) is 5.75 Å². The number of hydrogen-bond acceptors (Lipinski definition) is 4. The van der Waals surface area contributed by atoms with Crippen LogP contribution >= 0.6 is 0 Å². The van der Waals surface area contributed by atoms with Crippen molar-refractivity contribution >= 4 is 9.84 Å². The summed E-state index contributed by atoms with van der Waals surface area (Å²) in [5.41, 5.74) is 0.477. The smallest absolute Gasteiger partial charge is 0.156 e. The van der Waals surface area contributed by atoms with Gasteiger partial charge in [0.2, 0.25) is 0 Å². The molecule has 2 N–H and O–H groups in total. The molecule has 1 atom stereocenters. The van der Waals surface area contributed by atoms with Gasteiger partial charge in [-0.2, -0.15) is 0 Å². The Labute approximate surface area is 102 Å². The predicted molar refractivity (Wildman–Crippen MR) is 66.6 cm³/mol. The summed E-state index contributed by atoms with van der Waals surface area (Å²) in [6.45, 7) is 0.900. The Balaban J connectivity index is 2.04. The van der Waals surface area contributed by atoms with E-state index in [2.05, 4.69) is 5.32 Å². The molecule has 1 unspecified atom stereocenters.